The Morgan fingerprint density at radius 2 is 2.13 bits per heavy atom. The van der Waals surface area contributed by atoms with E-state index in [9.17, 15) is 14.7 Å². The van der Waals surface area contributed by atoms with Crippen LogP contribution in [-0.2, 0) is 9.53 Å². The average Bonchev–Trinajstić information content (AvgIpc) is 2.69. The van der Waals surface area contributed by atoms with Crippen LogP contribution >= 0.6 is 0 Å². The van der Waals surface area contributed by atoms with Gasteiger partial charge in [-0.3, -0.25) is 9.69 Å². The van der Waals surface area contributed by atoms with Crippen LogP contribution < -0.4 is 10.1 Å². The minimum atomic E-state index is -1.09. The maximum Gasteiger partial charge on any atom is 0.325 e. The summed E-state index contributed by atoms with van der Waals surface area (Å²) in [4.78, 5) is 25.2. The smallest absolute Gasteiger partial charge is 0.325 e. The van der Waals surface area contributed by atoms with Crippen LogP contribution in [0.25, 0.3) is 0 Å². The molecule has 2 atom stereocenters. The van der Waals surface area contributed by atoms with E-state index in [0.717, 1.165) is 10.5 Å². The quantitative estimate of drug-likeness (QED) is 0.721. The molecule has 126 valence electrons. The minimum absolute atomic E-state index is 0.0124. The number of nitrogens with one attached hydrogen (secondary N) is 1. The molecule has 0 aromatic heterocycles. The Labute approximate surface area is 135 Å². The van der Waals surface area contributed by atoms with Crippen molar-refractivity contribution in [2.75, 3.05) is 26.9 Å². The first-order valence-corrected chi connectivity index (χ1v) is 7.36. The Kier molecular flexibility index (Phi) is 5.23. The summed E-state index contributed by atoms with van der Waals surface area (Å²) >= 11 is 0. The van der Waals surface area contributed by atoms with Gasteiger partial charge < -0.3 is 19.9 Å². The van der Waals surface area contributed by atoms with Gasteiger partial charge >= 0.3 is 6.03 Å². The Hall–Kier alpha value is -2.12. The molecule has 0 aliphatic carbocycles. The van der Waals surface area contributed by atoms with Crippen LogP contribution in [0.2, 0.25) is 0 Å². The standard InChI is InChI=1S/C16H22N2O5/c1-11-5-4-6-13(7-11)23-9-12(19)8-18-14(20)16(2,10-22-3)17-15(18)21/h4-7,12,19H,8-10H2,1-3H3,(H,17,21)/t12-,16+/m0/s1. The van der Waals surface area contributed by atoms with E-state index in [2.05, 4.69) is 5.32 Å². The number of nitrogens with zero attached hydrogens (tertiary/aromatic N) is 1. The molecule has 0 unspecified atom stereocenters. The van der Waals surface area contributed by atoms with Gasteiger partial charge in [-0.1, -0.05) is 12.1 Å². The molecule has 1 fully saturated rings. The summed E-state index contributed by atoms with van der Waals surface area (Å²) in [6, 6.07) is 6.88. The molecule has 1 aromatic carbocycles. The molecule has 23 heavy (non-hydrogen) atoms. The number of benzene rings is 1. The van der Waals surface area contributed by atoms with E-state index in [1.54, 1.807) is 13.0 Å². The number of aliphatic hydroxyl groups is 1. The van der Waals surface area contributed by atoms with Crippen molar-refractivity contribution in [2.24, 2.45) is 0 Å². The van der Waals surface area contributed by atoms with Crippen LogP contribution in [0.4, 0.5) is 4.79 Å². The average molecular weight is 322 g/mol. The van der Waals surface area contributed by atoms with Gasteiger partial charge in [-0.2, -0.15) is 0 Å². The van der Waals surface area contributed by atoms with Crippen molar-refractivity contribution in [2.45, 2.75) is 25.5 Å². The third kappa shape index (κ3) is 4.00. The topological polar surface area (TPSA) is 88.1 Å². The maximum atomic E-state index is 12.3. The Bertz CT molecular complexity index is 592. The van der Waals surface area contributed by atoms with Crippen molar-refractivity contribution in [1.82, 2.24) is 10.2 Å². The lowest BCUT2D eigenvalue weighted by atomic mass is 10.0. The summed E-state index contributed by atoms with van der Waals surface area (Å²) < 4.78 is 10.5. The van der Waals surface area contributed by atoms with Crippen molar-refractivity contribution in [3.8, 4) is 5.75 Å². The SMILES string of the molecule is COC[C@@]1(C)NC(=O)N(C[C@H](O)COc2cccc(C)c2)C1=O. The number of urea groups is 1. The van der Waals surface area contributed by atoms with E-state index in [-0.39, 0.29) is 19.8 Å². The van der Waals surface area contributed by atoms with Gasteiger partial charge in [0, 0.05) is 7.11 Å². The molecular weight excluding hydrogens is 300 g/mol. The van der Waals surface area contributed by atoms with Crippen molar-refractivity contribution >= 4 is 11.9 Å². The van der Waals surface area contributed by atoms with E-state index < -0.39 is 23.6 Å². The molecule has 1 heterocycles. The second-order valence-electron chi connectivity index (χ2n) is 5.89. The molecule has 1 aromatic rings. The fourth-order valence-electron chi connectivity index (χ4n) is 2.46. The molecular formula is C16H22N2O5. The van der Waals surface area contributed by atoms with Crippen LogP contribution in [0.1, 0.15) is 12.5 Å². The van der Waals surface area contributed by atoms with E-state index >= 15 is 0 Å². The first-order chi connectivity index (χ1) is 10.9. The van der Waals surface area contributed by atoms with E-state index in [1.807, 2.05) is 25.1 Å². The molecule has 0 radical (unpaired) electrons. The summed E-state index contributed by atoms with van der Waals surface area (Å²) in [6.45, 7) is 3.46. The van der Waals surface area contributed by atoms with Gasteiger partial charge in [0.25, 0.3) is 5.91 Å². The summed E-state index contributed by atoms with van der Waals surface area (Å²) in [5.74, 6) is 0.212. The lowest BCUT2D eigenvalue weighted by Gasteiger charge is -2.21. The number of carbonyl (C=O) groups is 2. The van der Waals surface area contributed by atoms with Gasteiger partial charge in [0.05, 0.1) is 13.2 Å². The highest BCUT2D eigenvalue weighted by Gasteiger charge is 2.48. The molecule has 3 amide bonds. The number of methoxy groups -OCH3 is 1. The number of ether oxygens (including phenoxy) is 2. The van der Waals surface area contributed by atoms with Crippen molar-refractivity contribution in [1.29, 1.82) is 0 Å². The Morgan fingerprint density at radius 1 is 1.39 bits per heavy atom. The number of β-amino-alcohol motifs (C(OH)–C–C–N with tert-alkyl or cyclic N) is 1. The molecule has 0 saturated carbocycles. The van der Waals surface area contributed by atoms with E-state index in [4.69, 9.17) is 9.47 Å². The monoisotopic (exact) mass is 322 g/mol. The van der Waals surface area contributed by atoms with Crippen LogP contribution in [0, 0.1) is 6.92 Å². The number of rotatable bonds is 7. The first-order valence-electron chi connectivity index (χ1n) is 7.36. The molecule has 1 aliphatic rings. The zero-order valence-corrected chi connectivity index (χ0v) is 13.5. The molecule has 1 saturated heterocycles. The highest BCUT2D eigenvalue weighted by molar-refractivity contribution is 6.06. The molecule has 1 aliphatic heterocycles. The third-order valence-electron chi connectivity index (χ3n) is 3.60. The highest BCUT2D eigenvalue weighted by atomic mass is 16.5. The van der Waals surface area contributed by atoms with Crippen molar-refractivity contribution < 1.29 is 24.2 Å². The summed E-state index contributed by atoms with van der Waals surface area (Å²) in [7, 11) is 1.46. The highest BCUT2D eigenvalue weighted by Crippen LogP contribution is 2.18. The predicted molar refractivity (Wildman–Crippen MR) is 83.2 cm³/mol. The summed E-state index contributed by atoms with van der Waals surface area (Å²) in [6.07, 6.45) is -0.977. The number of hydrogen-bond acceptors (Lipinski definition) is 5. The zero-order chi connectivity index (χ0) is 17.0. The molecule has 0 spiro atoms. The summed E-state index contributed by atoms with van der Waals surface area (Å²) in [5.41, 5.74) is -0.0513. The molecule has 7 heteroatoms. The Morgan fingerprint density at radius 3 is 2.78 bits per heavy atom. The number of imide groups is 1. The number of amides is 3. The van der Waals surface area contributed by atoms with Crippen LogP contribution in [0.5, 0.6) is 5.75 Å². The van der Waals surface area contributed by atoms with Gasteiger partial charge in [0.15, 0.2) is 0 Å². The number of hydrogen-bond donors (Lipinski definition) is 2. The second-order valence-corrected chi connectivity index (χ2v) is 5.89. The van der Waals surface area contributed by atoms with E-state index in [0.29, 0.717) is 5.75 Å². The lowest BCUT2D eigenvalue weighted by molar-refractivity contribution is -0.133. The maximum absolute atomic E-state index is 12.3. The fraction of sp³-hybridized carbons (Fsp3) is 0.500. The first kappa shape index (κ1) is 17.2. The van der Waals surface area contributed by atoms with Gasteiger partial charge in [0.1, 0.15) is 24.0 Å². The Balaban J connectivity index is 1.91. The number of aliphatic hydroxyl groups excluding tert-OH is 1. The predicted octanol–water partition coefficient (Wildman–Crippen LogP) is 0.692. The van der Waals surface area contributed by atoms with Gasteiger partial charge in [-0.25, -0.2) is 4.79 Å². The largest absolute Gasteiger partial charge is 0.491 e. The fourth-order valence-corrected chi connectivity index (χ4v) is 2.46. The number of aryl methyl sites for hydroxylation is 1. The molecule has 7 nitrogen and oxygen atoms in total. The zero-order valence-electron chi connectivity index (χ0n) is 13.5. The van der Waals surface area contributed by atoms with Gasteiger partial charge in [-0.05, 0) is 31.5 Å². The van der Waals surface area contributed by atoms with Crippen LogP contribution in [-0.4, -0.2) is 60.5 Å². The van der Waals surface area contributed by atoms with Crippen LogP contribution in [0.15, 0.2) is 24.3 Å². The normalized spacial score (nSPS) is 22.2. The van der Waals surface area contributed by atoms with Crippen molar-refractivity contribution in [3.05, 3.63) is 29.8 Å². The third-order valence-corrected chi connectivity index (χ3v) is 3.60. The number of carbonyl (C=O) groups excluding carboxylic acids is 2. The molecule has 0 bridgehead atoms. The minimum Gasteiger partial charge on any atom is -0.491 e. The molecule has 2 rings (SSSR count). The summed E-state index contributed by atoms with van der Waals surface area (Å²) in [5, 5.41) is 12.6. The van der Waals surface area contributed by atoms with Gasteiger partial charge in [-0.15, -0.1) is 0 Å². The van der Waals surface area contributed by atoms with Gasteiger partial charge in [0.2, 0.25) is 0 Å². The van der Waals surface area contributed by atoms with Crippen molar-refractivity contribution in [3.63, 3.8) is 0 Å². The lowest BCUT2D eigenvalue weighted by Crippen LogP contribution is -2.48. The second kappa shape index (κ2) is 6.97. The van der Waals surface area contributed by atoms with Crippen LogP contribution in [0.3, 0.4) is 0 Å². The van der Waals surface area contributed by atoms with E-state index in [1.165, 1.54) is 7.11 Å². The molecule has 2 N–H and O–H groups in total.